The van der Waals surface area contributed by atoms with Crippen molar-refractivity contribution in [2.75, 3.05) is 24.7 Å². The van der Waals surface area contributed by atoms with Gasteiger partial charge in [0.05, 0.1) is 24.7 Å². The van der Waals surface area contributed by atoms with Crippen LogP contribution in [0.4, 0.5) is 0 Å². The molecule has 0 spiro atoms. The van der Waals surface area contributed by atoms with Gasteiger partial charge in [-0.15, -0.1) is 0 Å². The Balaban J connectivity index is 1.98. The average molecular weight is 256 g/mol. The summed E-state index contributed by atoms with van der Waals surface area (Å²) in [6.45, 7) is 0.224. The zero-order chi connectivity index (χ0) is 11.1. The Labute approximate surface area is 88.8 Å². The van der Waals surface area contributed by atoms with Gasteiger partial charge in [-0.2, -0.15) is 16.8 Å². The molecule has 6 nitrogen and oxygen atoms in total. The van der Waals surface area contributed by atoms with E-state index in [2.05, 4.69) is 8.37 Å². The normalized spacial score (nSPS) is 38.9. The van der Waals surface area contributed by atoms with Crippen molar-refractivity contribution < 1.29 is 25.2 Å². The molecule has 2 atom stereocenters. The Morgan fingerprint density at radius 3 is 1.93 bits per heavy atom. The van der Waals surface area contributed by atoms with Crippen molar-refractivity contribution in [3.63, 3.8) is 0 Å². The molecule has 0 radical (unpaired) electrons. The van der Waals surface area contributed by atoms with E-state index in [1.165, 1.54) is 0 Å². The summed E-state index contributed by atoms with van der Waals surface area (Å²) in [7, 11) is -6.74. The van der Waals surface area contributed by atoms with Crippen molar-refractivity contribution in [1.29, 1.82) is 0 Å². The quantitative estimate of drug-likeness (QED) is 0.578. The molecule has 2 aliphatic rings. The number of hydrogen-bond donors (Lipinski definition) is 0. The zero-order valence-corrected chi connectivity index (χ0v) is 9.59. The minimum Gasteiger partial charge on any atom is -0.270 e. The molecule has 2 saturated heterocycles. The zero-order valence-electron chi connectivity index (χ0n) is 7.96. The fourth-order valence-corrected chi connectivity index (χ4v) is 4.28. The molecule has 8 heteroatoms. The maximum atomic E-state index is 11.0. The fraction of sp³-hybridized carbons (Fsp3) is 1.00. The molecular formula is C7H12O6S2. The Morgan fingerprint density at radius 1 is 0.867 bits per heavy atom. The van der Waals surface area contributed by atoms with Crippen LogP contribution >= 0.6 is 0 Å². The third-order valence-corrected chi connectivity index (χ3v) is 5.31. The van der Waals surface area contributed by atoms with Crippen LogP contribution in [0.3, 0.4) is 0 Å². The molecule has 0 aromatic heterocycles. The molecule has 0 saturated carbocycles. The Bertz CT molecular complexity index is 422. The van der Waals surface area contributed by atoms with Crippen LogP contribution < -0.4 is 0 Å². The molecule has 88 valence electrons. The van der Waals surface area contributed by atoms with E-state index in [-0.39, 0.29) is 36.6 Å². The highest BCUT2D eigenvalue weighted by atomic mass is 32.2. The average Bonchev–Trinajstić information content (AvgIpc) is 2.46. The van der Waals surface area contributed by atoms with Crippen LogP contribution in [0.5, 0.6) is 0 Å². The second-order valence-electron chi connectivity index (χ2n) is 3.86. The van der Waals surface area contributed by atoms with E-state index in [0.29, 0.717) is 6.42 Å². The Hall–Kier alpha value is -0.180. The lowest BCUT2D eigenvalue weighted by atomic mass is 9.93. The maximum Gasteiger partial charge on any atom is 0.267 e. The molecule has 2 fully saturated rings. The summed E-state index contributed by atoms with van der Waals surface area (Å²) in [4.78, 5) is 0. The summed E-state index contributed by atoms with van der Waals surface area (Å²) in [5.74, 6) is -0.230. The van der Waals surface area contributed by atoms with Gasteiger partial charge in [0, 0.05) is 5.92 Å². The third-order valence-electron chi connectivity index (χ3n) is 2.75. The van der Waals surface area contributed by atoms with Gasteiger partial charge in [0.25, 0.3) is 20.2 Å². The van der Waals surface area contributed by atoms with Gasteiger partial charge >= 0.3 is 0 Å². The fourth-order valence-electron chi connectivity index (χ4n) is 1.82. The first-order valence-electron chi connectivity index (χ1n) is 4.62. The van der Waals surface area contributed by atoms with Gasteiger partial charge in [-0.3, -0.25) is 8.37 Å². The molecule has 0 aromatic rings. The van der Waals surface area contributed by atoms with Gasteiger partial charge in [0.15, 0.2) is 0 Å². The maximum absolute atomic E-state index is 11.0. The summed E-state index contributed by atoms with van der Waals surface area (Å²) in [6, 6.07) is 0. The van der Waals surface area contributed by atoms with Gasteiger partial charge in [0.2, 0.25) is 0 Å². The summed E-state index contributed by atoms with van der Waals surface area (Å²) in [5, 5.41) is 0. The highest BCUT2D eigenvalue weighted by molar-refractivity contribution is 7.87. The second kappa shape index (κ2) is 3.69. The van der Waals surface area contributed by atoms with Crippen molar-refractivity contribution in [3.05, 3.63) is 0 Å². The molecule has 2 unspecified atom stereocenters. The topological polar surface area (TPSA) is 86.7 Å². The summed E-state index contributed by atoms with van der Waals surface area (Å²) >= 11 is 0. The lowest BCUT2D eigenvalue weighted by molar-refractivity contribution is 0.162. The molecule has 0 bridgehead atoms. The molecule has 15 heavy (non-hydrogen) atoms. The molecule has 2 heterocycles. The van der Waals surface area contributed by atoms with Crippen molar-refractivity contribution in [1.82, 2.24) is 0 Å². The Morgan fingerprint density at radius 2 is 1.47 bits per heavy atom. The van der Waals surface area contributed by atoms with Crippen LogP contribution in [-0.4, -0.2) is 41.6 Å². The molecular weight excluding hydrogens is 244 g/mol. The van der Waals surface area contributed by atoms with E-state index in [9.17, 15) is 16.8 Å². The van der Waals surface area contributed by atoms with Gasteiger partial charge < -0.3 is 0 Å². The minimum atomic E-state index is -3.38. The van der Waals surface area contributed by atoms with Gasteiger partial charge in [-0.05, 0) is 12.3 Å². The van der Waals surface area contributed by atoms with E-state index in [1.807, 2.05) is 0 Å². The van der Waals surface area contributed by atoms with E-state index in [0.717, 1.165) is 0 Å². The first-order valence-corrected chi connectivity index (χ1v) is 7.78. The van der Waals surface area contributed by atoms with Gasteiger partial charge in [-0.25, -0.2) is 0 Å². The smallest absolute Gasteiger partial charge is 0.267 e. The Kier molecular flexibility index (Phi) is 2.78. The molecule has 0 aromatic carbocycles. The summed E-state index contributed by atoms with van der Waals surface area (Å²) in [6.07, 6.45) is 0.450. The number of rotatable bonds is 1. The van der Waals surface area contributed by atoms with Crippen molar-refractivity contribution in [2.45, 2.75) is 6.42 Å². The largest absolute Gasteiger partial charge is 0.270 e. The first kappa shape index (κ1) is 11.3. The highest BCUT2D eigenvalue weighted by Crippen LogP contribution is 2.29. The second-order valence-corrected chi connectivity index (χ2v) is 7.31. The molecule has 2 rings (SSSR count). The molecule has 2 aliphatic heterocycles. The number of hydrogen-bond acceptors (Lipinski definition) is 6. The molecule has 0 aliphatic carbocycles. The van der Waals surface area contributed by atoms with Crippen molar-refractivity contribution in [2.24, 2.45) is 11.8 Å². The van der Waals surface area contributed by atoms with Crippen LogP contribution in [0, 0.1) is 11.8 Å². The SMILES string of the molecule is O=S1(=O)CCC(C2COS(=O)(=O)C2)CO1. The van der Waals surface area contributed by atoms with Gasteiger partial charge in [0.1, 0.15) is 0 Å². The highest BCUT2D eigenvalue weighted by Gasteiger charge is 2.38. The van der Waals surface area contributed by atoms with Crippen molar-refractivity contribution >= 4 is 20.2 Å². The van der Waals surface area contributed by atoms with Crippen molar-refractivity contribution in [3.8, 4) is 0 Å². The molecule has 0 N–H and O–H groups in total. The van der Waals surface area contributed by atoms with Gasteiger partial charge in [-0.1, -0.05) is 0 Å². The van der Waals surface area contributed by atoms with Crippen LogP contribution in [0.2, 0.25) is 0 Å². The monoisotopic (exact) mass is 256 g/mol. The van der Waals surface area contributed by atoms with Crippen LogP contribution in [0.15, 0.2) is 0 Å². The standard InChI is InChI=1S/C7H12O6S2/c8-14(9)2-1-6(3-12-14)7-4-13-15(10,11)5-7/h6-7H,1-5H2. The lowest BCUT2D eigenvalue weighted by Gasteiger charge is -2.25. The first-order chi connectivity index (χ1) is 6.88. The van der Waals surface area contributed by atoms with Crippen LogP contribution in [0.25, 0.3) is 0 Å². The van der Waals surface area contributed by atoms with Crippen LogP contribution in [0.1, 0.15) is 6.42 Å². The summed E-state index contributed by atoms with van der Waals surface area (Å²) in [5.41, 5.74) is 0. The van der Waals surface area contributed by atoms with E-state index in [1.54, 1.807) is 0 Å². The predicted molar refractivity (Wildman–Crippen MR) is 51.1 cm³/mol. The predicted octanol–water partition coefficient (Wildman–Crippen LogP) is -0.671. The minimum absolute atomic E-state index is 0.0267. The lowest BCUT2D eigenvalue weighted by Crippen LogP contribution is -2.32. The summed E-state index contributed by atoms with van der Waals surface area (Å²) < 4.78 is 53.3. The third kappa shape index (κ3) is 2.68. The van der Waals surface area contributed by atoms with E-state index < -0.39 is 20.2 Å². The molecule has 0 amide bonds. The van der Waals surface area contributed by atoms with E-state index in [4.69, 9.17) is 0 Å². The van der Waals surface area contributed by atoms with E-state index >= 15 is 0 Å². The van der Waals surface area contributed by atoms with Crippen LogP contribution in [-0.2, 0) is 28.6 Å².